The SMILES string of the molecule is CN(C)c1ccc(-n2[c]nnn2)cc1. The minimum atomic E-state index is 0.903. The second kappa shape index (κ2) is 3.45. The maximum atomic E-state index is 3.75. The van der Waals surface area contributed by atoms with Crippen molar-refractivity contribution in [3.05, 3.63) is 30.6 Å². The number of benzene rings is 1. The summed E-state index contributed by atoms with van der Waals surface area (Å²) in [7, 11) is 4.00. The zero-order valence-electron chi connectivity index (χ0n) is 8.05. The van der Waals surface area contributed by atoms with E-state index in [1.807, 2.05) is 43.3 Å². The lowest BCUT2D eigenvalue weighted by Crippen LogP contribution is -2.08. The van der Waals surface area contributed by atoms with Gasteiger partial charge in [0.1, 0.15) is 0 Å². The van der Waals surface area contributed by atoms with Crippen LogP contribution in [0.4, 0.5) is 5.69 Å². The lowest BCUT2D eigenvalue weighted by molar-refractivity contribution is 0.787. The van der Waals surface area contributed by atoms with Crippen molar-refractivity contribution in [1.29, 1.82) is 0 Å². The summed E-state index contributed by atoms with van der Waals surface area (Å²) in [4.78, 5) is 2.03. The van der Waals surface area contributed by atoms with Crippen molar-refractivity contribution >= 4 is 5.69 Å². The van der Waals surface area contributed by atoms with E-state index in [0.717, 1.165) is 11.4 Å². The Kier molecular flexibility index (Phi) is 2.14. The highest BCUT2D eigenvalue weighted by molar-refractivity contribution is 5.49. The molecule has 0 fully saturated rings. The van der Waals surface area contributed by atoms with Crippen molar-refractivity contribution in [3.8, 4) is 5.69 Å². The minimum Gasteiger partial charge on any atom is -0.378 e. The van der Waals surface area contributed by atoms with Crippen molar-refractivity contribution in [2.75, 3.05) is 19.0 Å². The summed E-state index contributed by atoms with van der Waals surface area (Å²) < 4.78 is 1.50. The number of tetrazole rings is 1. The lowest BCUT2D eigenvalue weighted by atomic mass is 10.3. The van der Waals surface area contributed by atoms with Crippen LogP contribution in [0.25, 0.3) is 5.69 Å². The highest BCUT2D eigenvalue weighted by Gasteiger charge is 1.99. The Morgan fingerprint density at radius 3 is 2.43 bits per heavy atom. The Morgan fingerprint density at radius 2 is 1.93 bits per heavy atom. The van der Waals surface area contributed by atoms with Gasteiger partial charge in [-0.2, -0.15) is 4.68 Å². The van der Waals surface area contributed by atoms with Crippen LogP contribution in [0, 0.1) is 6.33 Å². The molecule has 1 aromatic heterocycles. The second-order valence-electron chi connectivity index (χ2n) is 3.10. The van der Waals surface area contributed by atoms with E-state index in [2.05, 4.69) is 21.9 Å². The fourth-order valence-electron chi connectivity index (χ4n) is 1.14. The van der Waals surface area contributed by atoms with Crippen LogP contribution in [0.15, 0.2) is 24.3 Å². The van der Waals surface area contributed by atoms with E-state index in [9.17, 15) is 0 Å². The fraction of sp³-hybridized carbons (Fsp3) is 0.222. The molecule has 5 nitrogen and oxygen atoms in total. The van der Waals surface area contributed by atoms with Gasteiger partial charge in [-0.15, -0.1) is 5.10 Å². The Labute approximate surface area is 82.0 Å². The van der Waals surface area contributed by atoms with Gasteiger partial charge in [0.05, 0.1) is 5.69 Å². The van der Waals surface area contributed by atoms with Crippen molar-refractivity contribution < 1.29 is 0 Å². The maximum absolute atomic E-state index is 3.75. The van der Waals surface area contributed by atoms with E-state index in [0.29, 0.717) is 0 Å². The number of rotatable bonds is 2. The summed E-state index contributed by atoms with van der Waals surface area (Å²) in [5, 5.41) is 10.7. The van der Waals surface area contributed by atoms with Crippen LogP contribution in [0.5, 0.6) is 0 Å². The molecule has 0 bridgehead atoms. The molecule has 0 aliphatic rings. The molecular weight excluding hydrogens is 178 g/mol. The molecule has 1 radical (unpaired) electrons. The monoisotopic (exact) mass is 188 g/mol. The standard InChI is InChI=1S/C9H10N5/c1-13(2)8-3-5-9(6-4-8)14-7-10-11-12-14/h3-6H,1-2H3. The maximum Gasteiger partial charge on any atom is 0.226 e. The van der Waals surface area contributed by atoms with E-state index in [1.165, 1.54) is 4.68 Å². The smallest absolute Gasteiger partial charge is 0.226 e. The number of nitrogens with zero attached hydrogens (tertiary/aromatic N) is 5. The van der Waals surface area contributed by atoms with Crippen molar-refractivity contribution in [2.24, 2.45) is 0 Å². The Hall–Kier alpha value is -1.91. The molecular formula is C9H10N5. The number of hydrogen-bond acceptors (Lipinski definition) is 4. The molecule has 0 spiro atoms. The molecule has 2 rings (SSSR count). The van der Waals surface area contributed by atoms with Gasteiger partial charge in [-0.3, -0.25) is 0 Å². The third kappa shape index (κ3) is 1.56. The summed E-state index contributed by atoms with van der Waals surface area (Å²) in [6.45, 7) is 0. The quantitative estimate of drug-likeness (QED) is 0.689. The van der Waals surface area contributed by atoms with Crippen LogP contribution < -0.4 is 4.90 Å². The van der Waals surface area contributed by atoms with Crippen LogP contribution in [0.1, 0.15) is 0 Å². The molecule has 0 saturated carbocycles. The summed E-state index contributed by atoms with van der Waals surface area (Å²) >= 11 is 0. The van der Waals surface area contributed by atoms with Gasteiger partial charge in [-0.1, -0.05) is 0 Å². The van der Waals surface area contributed by atoms with Crippen LogP contribution in [-0.4, -0.2) is 34.3 Å². The third-order valence-electron chi connectivity index (χ3n) is 1.92. The van der Waals surface area contributed by atoms with Crippen LogP contribution in [0.3, 0.4) is 0 Å². The molecule has 0 aliphatic heterocycles. The summed E-state index contributed by atoms with van der Waals surface area (Å²) in [6, 6.07) is 7.90. The summed E-state index contributed by atoms with van der Waals surface area (Å²) in [5.41, 5.74) is 2.04. The predicted molar refractivity (Wildman–Crippen MR) is 52.3 cm³/mol. The first-order valence-electron chi connectivity index (χ1n) is 4.21. The molecule has 0 saturated heterocycles. The molecule has 0 atom stereocenters. The first-order chi connectivity index (χ1) is 6.77. The summed E-state index contributed by atoms with van der Waals surface area (Å²) in [6.07, 6.45) is 2.63. The average molecular weight is 188 g/mol. The van der Waals surface area contributed by atoms with E-state index in [-0.39, 0.29) is 0 Å². The van der Waals surface area contributed by atoms with Gasteiger partial charge >= 0.3 is 0 Å². The molecule has 2 aromatic rings. The largest absolute Gasteiger partial charge is 0.378 e. The van der Waals surface area contributed by atoms with Gasteiger partial charge in [0.15, 0.2) is 0 Å². The molecule has 1 heterocycles. The topological polar surface area (TPSA) is 46.8 Å². The Bertz CT molecular complexity index is 390. The van der Waals surface area contributed by atoms with Gasteiger partial charge in [-0.25, -0.2) is 0 Å². The Morgan fingerprint density at radius 1 is 1.21 bits per heavy atom. The highest BCUT2D eigenvalue weighted by Crippen LogP contribution is 2.13. The molecule has 71 valence electrons. The average Bonchev–Trinajstić information content (AvgIpc) is 2.71. The second-order valence-corrected chi connectivity index (χ2v) is 3.10. The van der Waals surface area contributed by atoms with E-state index in [4.69, 9.17) is 0 Å². The van der Waals surface area contributed by atoms with E-state index >= 15 is 0 Å². The van der Waals surface area contributed by atoms with Crippen molar-refractivity contribution in [1.82, 2.24) is 20.2 Å². The van der Waals surface area contributed by atoms with E-state index in [1.54, 1.807) is 0 Å². The highest BCUT2D eigenvalue weighted by atomic mass is 15.5. The minimum absolute atomic E-state index is 0.903. The number of hydrogen-bond donors (Lipinski definition) is 0. The third-order valence-corrected chi connectivity index (χ3v) is 1.92. The number of anilines is 1. The lowest BCUT2D eigenvalue weighted by Gasteiger charge is -2.12. The van der Waals surface area contributed by atoms with Crippen molar-refractivity contribution in [3.63, 3.8) is 0 Å². The molecule has 0 unspecified atom stereocenters. The molecule has 5 heteroatoms. The first-order valence-corrected chi connectivity index (χ1v) is 4.21. The van der Waals surface area contributed by atoms with Crippen molar-refractivity contribution in [2.45, 2.75) is 0 Å². The zero-order chi connectivity index (χ0) is 9.97. The van der Waals surface area contributed by atoms with Gasteiger partial charge < -0.3 is 4.90 Å². The van der Waals surface area contributed by atoms with Gasteiger partial charge in [0, 0.05) is 19.8 Å². The van der Waals surface area contributed by atoms with Gasteiger partial charge in [-0.05, 0) is 34.7 Å². The van der Waals surface area contributed by atoms with Crippen LogP contribution >= 0.6 is 0 Å². The molecule has 0 aliphatic carbocycles. The molecule has 14 heavy (non-hydrogen) atoms. The van der Waals surface area contributed by atoms with Crippen LogP contribution in [-0.2, 0) is 0 Å². The van der Waals surface area contributed by atoms with Gasteiger partial charge in [0.2, 0.25) is 6.33 Å². The zero-order valence-corrected chi connectivity index (χ0v) is 8.05. The van der Waals surface area contributed by atoms with E-state index < -0.39 is 0 Å². The number of aromatic nitrogens is 4. The Balaban J connectivity index is 2.31. The first kappa shape index (κ1) is 8.68. The summed E-state index contributed by atoms with van der Waals surface area (Å²) in [5.74, 6) is 0. The molecule has 1 aromatic carbocycles. The van der Waals surface area contributed by atoms with Gasteiger partial charge in [0.25, 0.3) is 0 Å². The predicted octanol–water partition coefficient (Wildman–Crippen LogP) is 0.528. The molecule has 0 N–H and O–H groups in total. The fourth-order valence-corrected chi connectivity index (χ4v) is 1.14. The molecule has 0 amide bonds. The normalized spacial score (nSPS) is 10.1. The van der Waals surface area contributed by atoms with Crippen LogP contribution in [0.2, 0.25) is 0 Å².